The summed E-state index contributed by atoms with van der Waals surface area (Å²) in [5.74, 6) is -0.447. The Labute approximate surface area is 127 Å². The molecule has 0 saturated carbocycles. The number of aryl methyl sites for hydroxylation is 1. The summed E-state index contributed by atoms with van der Waals surface area (Å²) in [6, 6.07) is 11.5. The minimum absolute atomic E-state index is 0.167. The summed E-state index contributed by atoms with van der Waals surface area (Å²) in [6.07, 6.45) is 0. The van der Waals surface area contributed by atoms with Gasteiger partial charge in [0.15, 0.2) is 0 Å². The fraction of sp³-hybridized carbons (Fsp3) is 0.200. The molecule has 0 amide bonds. The van der Waals surface area contributed by atoms with E-state index in [0.29, 0.717) is 12.2 Å². The highest BCUT2D eigenvalue weighted by Crippen LogP contribution is 2.28. The maximum absolute atomic E-state index is 11.6. The highest BCUT2D eigenvalue weighted by molar-refractivity contribution is 7.99. The first-order chi connectivity index (χ1) is 9.60. The monoisotopic (exact) mass is 307 g/mol. The predicted molar refractivity (Wildman–Crippen MR) is 80.5 cm³/mol. The molecule has 0 saturated heterocycles. The predicted octanol–water partition coefficient (Wildman–Crippen LogP) is 4.37. The Morgan fingerprint density at radius 2 is 1.95 bits per heavy atom. The lowest BCUT2D eigenvalue weighted by molar-refractivity contribution is 0.0526. The van der Waals surface area contributed by atoms with Crippen LogP contribution in [0.25, 0.3) is 0 Å². The van der Waals surface area contributed by atoms with Crippen molar-refractivity contribution in [1.82, 2.24) is 4.98 Å². The molecule has 1 aromatic heterocycles. The smallest absolute Gasteiger partial charge is 0.341 e. The lowest BCUT2D eigenvalue weighted by Crippen LogP contribution is -2.06. The summed E-state index contributed by atoms with van der Waals surface area (Å²) in [7, 11) is 0. The topological polar surface area (TPSA) is 39.2 Å². The SMILES string of the molecule is CCOC(=O)c1ccc(Sc2ccc(C)cc2)nc1Cl. The Hall–Kier alpha value is -1.52. The van der Waals surface area contributed by atoms with Crippen molar-refractivity contribution in [2.75, 3.05) is 6.61 Å². The maximum Gasteiger partial charge on any atom is 0.341 e. The molecule has 0 fully saturated rings. The van der Waals surface area contributed by atoms with Crippen molar-refractivity contribution in [1.29, 1.82) is 0 Å². The van der Waals surface area contributed by atoms with E-state index < -0.39 is 5.97 Å². The van der Waals surface area contributed by atoms with Gasteiger partial charge in [-0.1, -0.05) is 41.1 Å². The van der Waals surface area contributed by atoms with Crippen molar-refractivity contribution >= 4 is 29.3 Å². The van der Waals surface area contributed by atoms with Gasteiger partial charge in [-0.2, -0.15) is 0 Å². The number of ether oxygens (including phenoxy) is 1. The summed E-state index contributed by atoms with van der Waals surface area (Å²) in [6.45, 7) is 4.10. The number of hydrogen-bond donors (Lipinski definition) is 0. The van der Waals surface area contributed by atoms with Gasteiger partial charge in [0.2, 0.25) is 0 Å². The van der Waals surface area contributed by atoms with Gasteiger partial charge in [0.25, 0.3) is 0 Å². The Balaban J connectivity index is 2.16. The van der Waals surface area contributed by atoms with Crippen molar-refractivity contribution in [3.8, 4) is 0 Å². The summed E-state index contributed by atoms with van der Waals surface area (Å²) in [5, 5.41) is 0.910. The number of pyridine rings is 1. The van der Waals surface area contributed by atoms with E-state index in [1.54, 1.807) is 19.1 Å². The van der Waals surface area contributed by atoms with Crippen LogP contribution in [-0.4, -0.2) is 17.6 Å². The Morgan fingerprint density at radius 3 is 2.55 bits per heavy atom. The van der Waals surface area contributed by atoms with Crippen molar-refractivity contribution in [2.45, 2.75) is 23.8 Å². The summed E-state index contributed by atoms with van der Waals surface area (Å²) in [4.78, 5) is 16.9. The van der Waals surface area contributed by atoms with Gasteiger partial charge in [-0.3, -0.25) is 0 Å². The molecule has 0 N–H and O–H groups in total. The molecule has 3 nitrogen and oxygen atoms in total. The lowest BCUT2D eigenvalue weighted by Gasteiger charge is -2.06. The standard InChI is InChI=1S/C15H14ClNO2S/c1-3-19-15(18)12-8-9-13(17-14(12)16)20-11-6-4-10(2)5-7-11/h4-9H,3H2,1-2H3. The number of carbonyl (C=O) groups excluding carboxylic acids is 1. The molecule has 0 aliphatic rings. The third kappa shape index (κ3) is 3.74. The molecule has 0 atom stereocenters. The average Bonchev–Trinajstić information content (AvgIpc) is 2.42. The van der Waals surface area contributed by atoms with Crippen LogP contribution in [0.3, 0.4) is 0 Å². The van der Waals surface area contributed by atoms with Crippen LogP contribution in [0.2, 0.25) is 5.15 Å². The van der Waals surface area contributed by atoms with E-state index in [-0.39, 0.29) is 5.15 Å². The number of rotatable bonds is 4. The van der Waals surface area contributed by atoms with Crippen LogP contribution in [0.5, 0.6) is 0 Å². The molecule has 20 heavy (non-hydrogen) atoms. The van der Waals surface area contributed by atoms with Gasteiger partial charge in [-0.25, -0.2) is 9.78 Å². The van der Waals surface area contributed by atoms with Crippen molar-refractivity contribution < 1.29 is 9.53 Å². The number of carbonyl (C=O) groups is 1. The van der Waals surface area contributed by atoms with E-state index in [4.69, 9.17) is 16.3 Å². The Kier molecular flexibility index (Phi) is 5.04. The zero-order chi connectivity index (χ0) is 14.5. The highest BCUT2D eigenvalue weighted by atomic mass is 35.5. The van der Waals surface area contributed by atoms with Gasteiger partial charge >= 0.3 is 5.97 Å². The number of esters is 1. The van der Waals surface area contributed by atoms with Crippen LogP contribution in [-0.2, 0) is 4.74 Å². The number of benzene rings is 1. The van der Waals surface area contributed by atoms with E-state index in [1.165, 1.54) is 17.3 Å². The molecular formula is C15H14ClNO2S. The van der Waals surface area contributed by atoms with Crippen LogP contribution in [0, 0.1) is 6.92 Å². The number of nitrogens with zero attached hydrogens (tertiary/aromatic N) is 1. The molecule has 104 valence electrons. The Bertz CT molecular complexity index is 614. The second kappa shape index (κ2) is 6.77. The van der Waals surface area contributed by atoms with Gasteiger partial charge in [0.1, 0.15) is 10.2 Å². The van der Waals surface area contributed by atoms with Crippen molar-refractivity contribution in [3.05, 3.63) is 52.7 Å². The molecule has 0 spiro atoms. The molecule has 5 heteroatoms. The van der Waals surface area contributed by atoms with E-state index in [9.17, 15) is 4.79 Å². The van der Waals surface area contributed by atoms with Gasteiger partial charge in [0.05, 0.1) is 12.2 Å². The molecule has 1 heterocycles. The number of hydrogen-bond acceptors (Lipinski definition) is 4. The maximum atomic E-state index is 11.6. The van der Waals surface area contributed by atoms with Crippen LogP contribution in [0.15, 0.2) is 46.3 Å². The van der Waals surface area contributed by atoms with Gasteiger partial charge in [-0.05, 0) is 38.1 Å². The van der Waals surface area contributed by atoms with Crippen molar-refractivity contribution in [2.24, 2.45) is 0 Å². The molecule has 1 aromatic carbocycles. The minimum Gasteiger partial charge on any atom is -0.462 e. The number of halogens is 1. The fourth-order valence-electron chi connectivity index (χ4n) is 1.56. The van der Waals surface area contributed by atoms with Gasteiger partial charge in [0, 0.05) is 4.90 Å². The third-order valence-corrected chi connectivity index (χ3v) is 3.79. The van der Waals surface area contributed by atoms with E-state index in [0.717, 1.165) is 9.92 Å². The second-order valence-corrected chi connectivity index (χ2v) is 5.58. The molecule has 0 bridgehead atoms. The summed E-state index contributed by atoms with van der Waals surface area (Å²) < 4.78 is 4.91. The zero-order valence-electron chi connectivity index (χ0n) is 11.2. The second-order valence-electron chi connectivity index (χ2n) is 4.12. The summed E-state index contributed by atoms with van der Waals surface area (Å²) >= 11 is 7.52. The highest BCUT2D eigenvalue weighted by Gasteiger charge is 2.13. The van der Waals surface area contributed by atoms with Crippen LogP contribution < -0.4 is 0 Å². The average molecular weight is 308 g/mol. The van der Waals surface area contributed by atoms with E-state index >= 15 is 0 Å². The van der Waals surface area contributed by atoms with Crippen LogP contribution in [0.1, 0.15) is 22.8 Å². The zero-order valence-corrected chi connectivity index (χ0v) is 12.8. The van der Waals surface area contributed by atoms with E-state index in [1.807, 2.05) is 31.2 Å². The molecule has 0 unspecified atom stereocenters. The van der Waals surface area contributed by atoms with Crippen molar-refractivity contribution in [3.63, 3.8) is 0 Å². The van der Waals surface area contributed by atoms with Gasteiger partial charge < -0.3 is 4.74 Å². The molecule has 0 aliphatic carbocycles. The largest absolute Gasteiger partial charge is 0.462 e. The fourth-order valence-corrected chi connectivity index (χ4v) is 2.63. The van der Waals surface area contributed by atoms with E-state index in [2.05, 4.69) is 4.98 Å². The van der Waals surface area contributed by atoms with Crippen LogP contribution in [0.4, 0.5) is 0 Å². The molecule has 2 aromatic rings. The Morgan fingerprint density at radius 1 is 1.25 bits per heavy atom. The third-order valence-electron chi connectivity index (χ3n) is 2.56. The summed E-state index contributed by atoms with van der Waals surface area (Å²) in [5.41, 5.74) is 1.50. The van der Waals surface area contributed by atoms with Gasteiger partial charge in [-0.15, -0.1) is 0 Å². The number of aromatic nitrogens is 1. The lowest BCUT2D eigenvalue weighted by atomic mass is 10.2. The molecular weight excluding hydrogens is 294 g/mol. The first kappa shape index (κ1) is 14.9. The molecule has 0 radical (unpaired) electrons. The van der Waals surface area contributed by atoms with Crippen LogP contribution >= 0.6 is 23.4 Å². The first-order valence-electron chi connectivity index (χ1n) is 6.18. The minimum atomic E-state index is -0.447. The quantitative estimate of drug-likeness (QED) is 0.621. The normalized spacial score (nSPS) is 10.3. The first-order valence-corrected chi connectivity index (χ1v) is 7.37. The molecule has 2 rings (SSSR count). The molecule has 0 aliphatic heterocycles.